The fourth-order valence-corrected chi connectivity index (χ4v) is 4.15. The second-order valence-corrected chi connectivity index (χ2v) is 8.16. The molecule has 2 atom stereocenters. The van der Waals surface area contributed by atoms with Crippen LogP contribution in [-0.4, -0.2) is 53.2 Å². The van der Waals surface area contributed by atoms with Gasteiger partial charge in [0, 0.05) is 31.1 Å². The first-order valence-electron chi connectivity index (χ1n) is 8.27. The van der Waals surface area contributed by atoms with Crippen LogP contribution >= 0.6 is 23.4 Å². The Bertz CT molecular complexity index is 609. The van der Waals surface area contributed by atoms with Crippen molar-refractivity contribution in [3.63, 3.8) is 0 Å². The van der Waals surface area contributed by atoms with Crippen LogP contribution in [0.25, 0.3) is 0 Å². The van der Waals surface area contributed by atoms with Crippen molar-refractivity contribution in [3.8, 4) is 6.07 Å². The summed E-state index contributed by atoms with van der Waals surface area (Å²) in [5.74, 6) is 0.435. The summed E-state index contributed by atoms with van der Waals surface area (Å²) in [4.78, 5) is 17.7. The Labute approximate surface area is 153 Å². The van der Waals surface area contributed by atoms with E-state index in [4.69, 9.17) is 11.6 Å². The second-order valence-electron chi connectivity index (χ2n) is 6.37. The Hall–Kier alpha value is -1.22. The minimum atomic E-state index is -0.173. The van der Waals surface area contributed by atoms with Crippen LogP contribution in [0, 0.1) is 17.2 Å². The third-order valence-electron chi connectivity index (χ3n) is 4.27. The number of halogens is 1. The molecule has 130 valence electrons. The minimum Gasteiger partial charge on any atom is -0.339 e. The van der Waals surface area contributed by atoms with Gasteiger partial charge >= 0.3 is 0 Å². The maximum Gasteiger partial charge on any atom is 0.235 e. The highest BCUT2D eigenvalue weighted by Crippen LogP contribution is 2.31. The van der Waals surface area contributed by atoms with E-state index < -0.39 is 0 Å². The van der Waals surface area contributed by atoms with Gasteiger partial charge in [0.2, 0.25) is 5.91 Å². The van der Waals surface area contributed by atoms with Gasteiger partial charge in [-0.1, -0.05) is 37.6 Å². The van der Waals surface area contributed by atoms with E-state index in [2.05, 4.69) is 24.8 Å². The summed E-state index contributed by atoms with van der Waals surface area (Å²) in [5.41, 5.74) is 0. The maximum absolute atomic E-state index is 12.7. The molecular weight excluding hydrogens is 342 g/mol. The minimum absolute atomic E-state index is 0.0721. The molecule has 0 bridgehead atoms. The topological polar surface area (TPSA) is 47.3 Å². The first-order chi connectivity index (χ1) is 11.4. The average Bonchev–Trinajstić information content (AvgIpc) is 2.57. The summed E-state index contributed by atoms with van der Waals surface area (Å²) >= 11 is 7.67. The molecule has 1 amide bonds. The zero-order chi connectivity index (χ0) is 17.7. The molecule has 1 saturated heterocycles. The van der Waals surface area contributed by atoms with E-state index >= 15 is 0 Å². The van der Waals surface area contributed by atoms with E-state index in [-0.39, 0.29) is 17.2 Å². The van der Waals surface area contributed by atoms with Gasteiger partial charge in [-0.2, -0.15) is 5.26 Å². The van der Waals surface area contributed by atoms with Crippen LogP contribution in [0.5, 0.6) is 0 Å². The third-order valence-corrected chi connectivity index (χ3v) is 5.88. The summed E-state index contributed by atoms with van der Waals surface area (Å²) in [6.45, 7) is 8.92. The normalized spacial score (nSPS) is 18.2. The van der Waals surface area contributed by atoms with Gasteiger partial charge in [0.25, 0.3) is 0 Å². The lowest BCUT2D eigenvalue weighted by atomic mass is 10.0. The Morgan fingerprint density at radius 2 is 1.83 bits per heavy atom. The van der Waals surface area contributed by atoms with E-state index in [0.29, 0.717) is 24.0 Å². The number of piperazine rings is 1. The quantitative estimate of drug-likeness (QED) is 0.749. The van der Waals surface area contributed by atoms with Gasteiger partial charge in [0.15, 0.2) is 0 Å². The number of hydrogen-bond acceptors (Lipinski definition) is 4. The maximum atomic E-state index is 12.7. The number of amides is 1. The standard InChI is InChI=1S/C18H24ClN3OS/c1-13(2)16(12-20)21-8-10-22(11-9-21)18(23)14(3)24-17-7-5-4-6-15(17)19/h4-7,13-14,16H,8-11H2,1-3H3. The van der Waals surface area contributed by atoms with Crippen molar-refractivity contribution >= 4 is 29.3 Å². The molecule has 0 N–H and O–H groups in total. The van der Waals surface area contributed by atoms with Crippen molar-refractivity contribution in [1.82, 2.24) is 9.80 Å². The molecule has 24 heavy (non-hydrogen) atoms. The lowest BCUT2D eigenvalue weighted by Gasteiger charge is -2.38. The van der Waals surface area contributed by atoms with E-state index in [1.165, 1.54) is 11.8 Å². The molecule has 0 radical (unpaired) electrons. The van der Waals surface area contributed by atoms with Gasteiger partial charge in [0.1, 0.15) is 6.04 Å². The number of carbonyl (C=O) groups excluding carboxylic acids is 1. The fourth-order valence-electron chi connectivity index (χ4n) is 2.91. The second kappa shape index (κ2) is 8.75. The van der Waals surface area contributed by atoms with E-state index in [9.17, 15) is 10.1 Å². The van der Waals surface area contributed by atoms with Crippen molar-refractivity contribution in [3.05, 3.63) is 29.3 Å². The average molecular weight is 366 g/mol. The molecule has 4 nitrogen and oxygen atoms in total. The highest BCUT2D eigenvalue weighted by Gasteiger charge is 2.29. The number of nitriles is 1. The van der Waals surface area contributed by atoms with Crippen LogP contribution in [0.4, 0.5) is 0 Å². The lowest BCUT2D eigenvalue weighted by Crippen LogP contribution is -2.54. The van der Waals surface area contributed by atoms with Gasteiger partial charge in [-0.15, -0.1) is 11.8 Å². The molecule has 1 aromatic rings. The van der Waals surface area contributed by atoms with Crippen LogP contribution in [0.3, 0.4) is 0 Å². The molecule has 1 heterocycles. The number of carbonyl (C=O) groups is 1. The highest BCUT2D eigenvalue weighted by atomic mass is 35.5. The summed E-state index contributed by atoms with van der Waals surface area (Å²) in [5, 5.41) is 9.82. The van der Waals surface area contributed by atoms with Crippen molar-refractivity contribution < 1.29 is 4.79 Å². The van der Waals surface area contributed by atoms with E-state index in [0.717, 1.165) is 18.0 Å². The largest absolute Gasteiger partial charge is 0.339 e. The smallest absolute Gasteiger partial charge is 0.235 e. The Balaban J connectivity index is 1.90. The molecular formula is C18H24ClN3OS. The first kappa shape index (κ1) is 19.1. The summed E-state index contributed by atoms with van der Waals surface area (Å²) in [7, 11) is 0. The number of rotatable bonds is 5. The van der Waals surface area contributed by atoms with Gasteiger partial charge in [-0.05, 0) is 25.0 Å². The Morgan fingerprint density at radius 3 is 2.38 bits per heavy atom. The monoisotopic (exact) mass is 365 g/mol. The zero-order valence-electron chi connectivity index (χ0n) is 14.4. The van der Waals surface area contributed by atoms with Crippen molar-refractivity contribution in [2.45, 2.75) is 37.0 Å². The fraction of sp³-hybridized carbons (Fsp3) is 0.556. The van der Waals surface area contributed by atoms with Crippen LogP contribution in [0.1, 0.15) is 20.8 Å². The van der Waals surface area contributed by atoms with Crippen LogP contribution < -0.4 is 0 Å². The van der Waals surface area contributed by atoms with Crippen LogP contribution in [0.2, 0.25) is 5.02 Å². The SMILES string of the molecule is CC(Sc1ccccc1Cl)C(=O)N1CCN(C(C#N)C(C)C)CC1. The van der Waals surface area contributed by atoms with Crippen LogP contribution in [-0.2, 0) is 4.79 Å². The van der Waals surface area contributed by atoms with Crippen molar-refractivity contribution in [2.75, 3.05) is 26.2 Å². The third kappa shape index (κ3) is 4.66. The van der Waals surface area contributed by atoms with Gasteiger partial charge in [0.05, 0.1) is 16.3 Å². The molecule has 2 rings (SSSR count). The summed E-state index contributed by atoms with van der Waals surface area (Å²) in [6.07, 6.45) is 0. The number of thioether (sulfide) groups is 1. The van der Waals surface area contributed by atoms with E-state index in [1.807, 2.05) is 36.1 Å². The Kier molecular flexibility index (Phi) is 6.97. The lowest BCUT2D eigenvalue weighted by molar-refractivity contribution is -0.132. The Morgan fingerprint density at radius 1 is 1.21 bits per heavy atom. The van der Waals surface area contributed by atoms with E-state index in [1.54, 1.807) is 0 Å². The van der Waals surface area contributed by atoms with Gasteiger partial charge < -0.3 is 4.90 Å². The molecule has 1 aromatic carbocycles. The first-order valence-corrected chi connectivity index (χ1v) is 9.53. The highest BCUT2D eigenvalue weighted by molar-refractivity contribution is 8.00. The molecule has 1 aliphatic rings. The predicted octanol–water partition coefficient (Wildman–Crippen LogP) is 3.51. The number of nitrogens with zero attached hydrogens (tertiary/aromatic N) is 3. The molecule has 0 saturated carbocycles. The summed E-state index contributed by atoms with van der Waals surface area (Å²) in [6, 6.07) is 9.91. The molecule has 0 spiro atoms. The molecule has 1 fully saturated rings. The van der Waals surface area contributed by atoms with Crippen molar-refractivity contribution in [1.29, 1.82) is 5.26 Å². The van der Waals surface area contributed by atoms with Crippen LogP contribution in [0.15, 0.2) is 29.2 Å². The molecule has 0 aliphatic carbocycles. The van der Waals surface area contributed by atoms with Gasteiger partial charge in [-0.3, -0.25) is 9.69 Å². The van der Waals surface area contributed by atoms with Crippen molar-refractivity contribution in [2.24, 2.45) is 5.92 Å². The number of benzene rings is 1. The molecule has 6 heteroatoms. The molecule has 2 unspecified atom stereocenters. The number of hydrogen-bond donors (Lipinski definition) is 0. The predicted molar refractivity (Wildman–Crippen MR) is 99.2 cm³/mol. The molecule has 0 aromatic heterocycles. The van der Waals surface area contributed by atoms with Gasteiger partial charge in [-0.25, -0.2) is 0 Å². The molecule has 1 aliphatic heterocycles. The summed E-state index contributed by atoms with van der Waals surface area (Å²) < 4.78 is 0. The zero-order valence-corrected chi connectivity index (χ0v) is 16.0.